The van der Waals surface area contributed by atoms with Crippen molar-refractivity contribution < 1.29 is 4.79 Å². The topological polar surface area (TPSA) is 41.1 Å². The van der Waals surface area contributed by atoms with Crippen LogP contribution >= 0.6 is 11.6 Å². The molecule has 2 aromatic rings. The van der Waals surface area contributed by atoms with Gasteiger partial charge in [-0.1, -0.05) is 54.1 Å². The van der Waals surface area contributed by atoms with Crippen LogP contribution in [0.25, 0.3) is 0 Å². The first-order chi connectivity index (χ1) is 11.7. The number of carbonyl (C=O) groups is 1. The van der Waals surface area contributed by atoms with Gasteiger partial charge in [-0.3, -0.25) is 4.79 Å². The normalized spacial score (nSPS) is 18.3. The second kappa shape index (κ2) is 8.32. The van der Waals surface area contributed by atoms with Crippen molar-refractivity contribution in [1.82, 2.24) is 10.6 Å². The summed E-state index contributed by atoms with van der Waals surface area (Å²) in [5, 5.41) is 7.24. The van der Waals surface area contributed by atoms with Crippen LogP contribution in [0.5, 0.6) is 0 Å². The van der Waals surface area contributed by atoms with Crippen LogP contribution in [0.2, 0.25) is 5.02 Å². The molecule has 2 aromatic carbocycles. The van der Waals surface area contributed by atoms with E-state index >= 15 is 0 Å². The van der Waals surface area contributed by atoms with Crippen LogP contribution in [0.15, 0.2) is 54.6 Å². The first-order valence-electron chi connectivity index (χ1n) is 8.53. The smallest absolute Gasteiger partial charge is 0.220 e. The first kappa shape index (κ1) is 17.0. The van der Waals surface area contributed by atoms with Gasteiger partial charge in [-0.15, -0.1) is 0 Å². The molecule has 3 nitrogen and oxygen atoms in total. The molecule has 126 valence electrons. The number of carbonyl (C=O) groups excluding carboxylic acids is 1. The Bertz CT molecular complexity index is 651. The summed E-state index contributed by atoms with van der Waals surface area (Å²) >= 11 is 6.00. The monoisotopic (exact) mass is 342 g/mol. The number of benzene rings is 2. The number of amides is 1. The molecule has 1 amide bonds. The third kappa shape index (κ3) is 4.59. The fourth-order valence-electron chi connectivity index (χ4n) is 3.19. The largest absolute Gasteiger partial charge is 0.345 e. The molecular weight excluding hydrogens is 320 g/mol. The van der Waals surface area contributed by atoms with E-state index in [1.54, 1.807) is 0 Å². The summed E-state index contributed by atoms with van der Waals surface area (Å²) in [5.41, 5.74) is 2.12. The van der Waals surface area contributed by atoms with Crippen molar-refractivity contribution in [3.8, 4) is 0 Å². The van der Waals surface area contributed by atoms with Crippen molar-refractivity contribution in [3.05, 3.63) is 70.7 Å². The van der Waals surface area contributed by atoms with Crippen LogP contribution in [0.1, 0.15) is 36.4 Å². The highest BCUT2D eigenvalue weighted by Crippen LogP contribution is 2.24. The zero-order valence-electron chi connectivity index (χ0n) is 13.7. The maximum absolute atomic E-state index is 12.5. The lowest BCUT2D eigenvalue weighted by Gasteiger charge is -2.20. The Morgan fingerprint density at radius 2 is 1.83 bits per heavy atom. The maximum atomic E-state index is 12.5. The van der Waals surface area contributed by atoms with E-state index in [-0.39, 0.29) is 11.9 Å². The molecule has 0 spiro atoms. The molecule has 24 heavy (non-hydrogen) atoms. The molecule has 0 bridgehead atoms. The van der Waals surface area contributed by atoms with Crippen molar-refractivity contribution in [1.29, 1.82) is 0 Å². The second-order valence-electron chi connectivity index (χ2n) is 6.36. The van der Waals surface area contributed by atoms with Crippen LogP contribution in [-0.2, 0) is 4.79 Å². The van der Waals surface area contributed by atoms with Crippen LogP contribution in [0.3, 0.4) is 0 Å². The van der Waals surface area contributed by atoms with Gasteiger partial charge in [0, 0.05) is 11.4 Å². The third-order valence-corrected chi connectivity index (χ3v) is 4.84. The van der Waals surface area contributed by atoms with E-state index in [0.717, 1.165) is 30.6 Å². The zero-order valence-corrected chi connectivity index (χ0v) is 14.4. The molecule has 1 saturated heterocycles. The van der Waals surface area contributed by atoms with Gasteiger partial charge < -0.3 is 10.6 Å². The highest BCUT2D eigenvalue weighted by Gasteiger charge is 2.19. The van der Waals surface area contributed by atoms with Gasteiger partial charge in [0.15, 0.2) is 0 Å². The lowest BCUT2D eigenvalue weighted by Crippen LogP contribution is -2.29. The Balaban J connectivity index is 1.70. The van der Waals surface area contributed by atoms with Gasteiger partial charge in [0.2, 0.25) is 5.91 Å². The van der Waals surface area contributed by atoms with E-state index in [4.69, 9.17) is 11.6 Å². The zero-order chi connectivity index (χ0) is 16.8. The highest BCUT2D eigenvalue weighted by atomic mass is 35.5. The lowest BCUT2D eigenvalue weighted by molar-refractivity contribution is -0.121. The maximum Gasteiger partial charge on any atom is 0.220 e. The number of halogens is 1. The van der Waals surface area contributed by atoms with E-state index in [0.29, 0.717) is 17.4 Å². The number of hydrogen-bond acceptors (Lipinski definition) is 2. The fourth-order valence-corrected chi connectivity index (χ4v) is 3.32. The molecule has 0 radical (unpaired) electrons. The quantitative estimate of drug-likeness (QED) is 0.835. The minimum absolute atomic E-state index is 0.103. The Morgan fingerprint density at radius 1 is 1.12 bits per heavy atom. The first-order valence-corrected chi connectivity index (χ1v) is 8.90. The summed E-state index contributed by atoms with van der Waals surface area (Å²) in [6.07, 6.45) is 2.69. The summed E-state index contributed by atoms with van der Waals surface area (Å²) in [6.45, 7) is 2.11. The fraction of sp³-hybridized carbons (Fsp3) is 0.350. The van der Waals surface area contributed by atoms with Gasteiger partial charge in [0.25, 0.3) is 0 Å². The summed E-state index contributed by atoms with van der Waals surface area (Å²) < 4.78 is 0. The molecule has 1 fully saturated rings. The van der Waals surface area contributed by atoms with Crippen LogP contribution in [0, 0.1) is 5.92 Å². The SMILES string of the molecule is O=C(CCC1CCNC1)NC(c1ccccc1)c1ccc(Cl)cc1. The molecule has 1 aliphatic heterocycles. The molecule has 0 aliphatic carbocycles. The average molecular weight is 343 g/mol. The second-order valence-corrected chi connectivity index (χ2v) is 6.80. The summed E-state index contributed by atoms with van der Waals surface area (Å²) in [4.78, 5) is 12.5. The minimum atomic E-state index is -0.141. The highest BCUT2D eigenvalue weighted by molar-refractivity contribution is 6.30. The van der Waals surface area contributed by atoms with Gasteiger partial charge in [-0.2, -0.15) is 0 Å². The van der Waals surface area contributed by atoms with Gasteiger partial charge >= 0.3 is 0 Å². The van der Waals surface area contributed by atoms with Gasteiger partial charge in [-0.05, 0) is 55.1 Å². The molecule has 1 heterocycles. The summed E-state index contributed by atoms with van der Waals surface area (Å²) in [7, 11) is 0. The molecule has 2 unspecified atom stereocenters. The number of nitrogens with one attached hydrogen (secondary N) is 2. The molecule has 2 atom stereocenters. The number of rotatable bonds is 6. The van der Waals surface area contributed by atoms with Gasteiger partial charge in [0.1, 0.15) is 0 Å². The van der Waals surface area contributed by atoms with E-state index in [9.17, 15) is 4.79 Å². The Hall–Kier alpha value is -1.84. The number of hydrogen-bond donors (Lipinski definition) is 2. The van der Waals surface area contributed by atoms with Crippen molar-refractivity contribution in [3.63, 3.8) is 0 Å². The van der Waals surface area contributed by atoms with Crippen molar-refractivity contribution >= 4 is 17.5 Å². The summed E-state index contributed by atoms with van der Waals surface area (Å²) in [6, 6.07) is 17.6. The molecule has 2 N–H and O–H groups in total. The molecular formula is C20H23ClN2O. The predicted molar refractivity (Wildman–Crippen MR) is 98.1 cm³/mol. The molecule has 3 rings (SSSR count). The summed E-state index contributed by atoms with van der Waals surface area (Å²) in [5.74, 6) is 0.729. The Labute approximate surface area is 148 Å². The average Bonchev–Trinajstić information content (AvgIpc) is 3.13. The minimum Gasteiger partial charge on any atom is -0.345 e. The molecule has 0 aromatic heterocycles. The predicted octanol–water partition coefficient (Wildman–Crippen LogP) is 3.94. The van der Waals surface area contributed by atoms with Crippen LogP contribution < -0.4 is 10.6 Å². The standard InChI is InChI=1S/C20H23ClN2O/c21-18-9-7-17(8-10-18)20(16-4-2-1-3-5-16)23-19(24)11-6-15-12-13-22-14-15/h1-5,7-10,15,20,22H,6,11-14H2,(H,23,24). The van der Waals surface area contributed by atoms with E-state index in [2.05, 4.69) is 10.6 Å². The van der Waals surface area contributed by atoms with Gasteiger partial charge in [-0.25, -0.2) is 0 Å². The van der Waals surface area contributed by atoms with E-state index in [1.807, 2.05) is 54.6 Å². The molecule has 0 saturated carbocycles. The van der Waals surface area contributed by atoms with E-state index < -0.39 is 0 Å². The van der Waals surface area contributed by atoms with Crippen LogP contribution in [-0.4, -0.2) is 19.0 Å². The van der Waals surface area contributed by atoms with Crippen LogP contribution in [0.4, 0.5) is 0 Å². The Morgan fingerprint density at radius 3 is 2.50 bits per heavy atom. The Kier molecular flexibility index (Phi) is 5.89. The third-order valence-electron chi connectivity index (χ3n) is 4.58. The van der Waals surface area contributed by atoms with E-state index in [1.165, 1.54) is 6.42 Å². The van der Waals surface area contributed by atoms with Crippen molar-refractivity contribution in [2.75, 3.05) is 13.1 Å². The van der Waals surface area contributed by atoms with Gasteiger partial charge in [0.05, 0.1) is 6.04 Å². The lowest BCUT2D eigenvalue weighted by atomic mass is 9.97. The van der Waals surface area contributed by atoms with Crippen molar-refractivity contribution in [2.45, 2.75) is 25.3 Å². The molecule has 1 aliphatic rings. The van der Waals surface area contributed by atoms with Crippen molar-refractivity contribution in [2.24, 2.45) is 5.92 Å². The molecule has 4 heteroatoms.